The van der Waals surface area contributed by atoms with Crippen LogP contribution < -0.4 is 42.5 Å². The summed E-state index contributed by atoms with van der Waals surface area (Å²) in [6.45, 7) is 1.09. The van der Waals surface area contributed by atoms with E-state index in [2.05, 4.69) is 17.4 Å². The second-order valence-electron chi connectivity index (χ2n) is 19.6. The zero-order valence-corrected chi connectivity index (χ0v) is 53.7. The zero-order valence-electron chi connectivity index (χ0n) is 51.2. The molecule has 21 nitrogen and oxygen atoms in total. The maximum Gasteiger partial charge on any atom is 0.490 e. The van der Waals surface area contributed by atoms with Gasteiger partial charge in [-0.1, -0.05) is 109 Å². The Bertz CT molecular complexity index is 4390. The van der Waals surface area contributed by atoms with Crippen molar-refractivity contribution in [1.29, 1.82) is 21.6 Å². The highest BCUT2D eigenvalue weighted by atomic mass is 32.1. The molecule has 0 aliphatic rings. The van der Waals surface area contributed by atoms with Crippen molar-refractivity contribution in [3.05, 3.63) is 225 Å². The average molecular weight is 1480 g/mol. The molecule has 0 spiro atoms. The normalized spacial score (nSPS) is 11.1. The molecule has 3 heterocycles. The Morgan fingerprint density at radius 3 is 1.36 bits per heavy atom. The summed E-state index contributed by atoms with van der Waals surface area (Å²) < 4.78 is 148. The predicted molar refractivity (Wildman–Crippen MR) is 356 cm³/mol. The molecule has 10 aromatic rings. The number of carbonyl (C=O) groups is 5. The molecule has 1 amide bonds. The SMILES string of the molecule is N=C(N)c1cc2c(OC(C(=O)Nc3ccccc3)c3ccccc3)cccc2s1.N=C(N)c1cc2cc(OCCc3ccccc3)ccc2s1.N=C(N)c1ccc(COc2ccc3cc(C(=N)N)sc3c2)cc1.O=C(O)C(F)(F)F.O=C(O)C(F)(F)F.O=C(O)C(F)(F)F.O=C(O)C(F)(F)F. The Hall–Kier alpha value is -11.8. The van der Waals surface area contributed by atoms with E-state index < -0.39 is 54.7 Å². The lowest BCUT2D eigenvalue weighted by atomic mass is 10.1. The molecule has 0 radical (unpaired) electrons. The van der Waals surface area contributed by atoms with Crippen molar-refractivity contribution in [1.82, 2.24) is 0 Å². The first-order valence-electron chi connectivity index (χ1n) is 27.8. The van der Waals surface area contributed by atoms with Crippen LogP contribution in [0.3, 0.4) is 0 Å². The van der Waals surface area contributed by atoms with Gasteiger partial charge < -0.3 is 62.9 Å². The Kier molecular flexibility index (Phi) is 30.1. The van der Waals surface area contributed by atoms with Crippen molar-refractivity contribution in [2.45, 2.75) is 43.8 Å². The number of nitrogens with one attached hydrogen (secondary N) is 5. The van der Waals surface area contributed by atoms with Gasteiger partial charge in [0.2, 0.25) is 6.10 Å². The highest BCUT2D eigenvalue weighted by Crippen LogP contribution is 2.36. The van der Waals surface area contributed by atoms with Crippen LogP contribution in [0.1, 0.15) is 43.0 Å². The number of amides is 1. The fraction of sp³-hybridized carbons (Fsp3) is 0.123. The first kappa shape index (κ1) is 81.6. The molecular weight excluding hydrogens is 1420 g/mol. The maximum absolute atomic E-state index is 13.1. The molecule has 36 heteroatoms. The van der Waals surface area contributed by atoms with E-state index in [4.69, 9.17) is 98.4 Å². The molecule has 534 valence electrons. The van der Waals surface area contributed by atoms with Gasteiger partial charge in [0.25, 0.3) is 5.91 Å². The summed E-state index contributed by atoms with van der Waals surface area (Å²) in [4.78, 5) is 50.9. The van der Waals surface area contributed by atoms with Crippen LogP contribution in [-0.2, 0) is 37.0 Å². The number of carbonyl (C=O) groups excluding carboxylic acids is 1. The van der Waals surface area contributed by atoms with E-state index >= 15 is 0 Å². The number of ether oxygens (including phenoxy) is 3. The number of para-hydroxylation sites is 1. The molecule has 10 rings (SSSR count). The summed E-state index contributed by atoms with van der Waals surface area (Å²) in [5.74, 6) is -8.83. The standard InChI is InChI=1S/C23H19N3O2S.C17H16N4OS.C17H16N2OS.4C2HF3O2/c24-22(25)20-14-17-18(12-7-13-19(17)29-20)28-21(15-8-3-1-4-9-15)23(27)26-16-10-5-2-6-11-16;18-16(19)11-3-1-10(2-4-11)9-22-13-6-5-12-7-15(17(20)21)23-14(12)8-13;18-17(19)16-11-13-10-14(6-7-15(13)21-16)20-9-8-12-4-2-1-3-5-12;4*3-2(4,5)1(6)7/h1-14,21H,(H3,24,25)(H,26,27);1-8H,9H2,(H3,18,19)(H3,20,21);1-7,10-11H,8-9H2,(H3,18,19);4*(H,6,7). The van der Waals surface area contributed by atoms with Gasteiger partial charge in [-0.15, -0.1) is 34.0 Å². The maximum atomic E-state index is 13.1. The minimum absolute atomic E-state index is 0.0126. The topological polar surface area (TPSA) is 405 Å². The van der Waals surface area contributed by atoms with Gasteiger partial charge in [0.1, 0.15) is 47.2 Å². The third-order valence-corrected chi connectivity index (χ3v) is 15.5. The molecule has 0 aliphatic carbocycles. The number of rotatable bonds is 16. The third kappa shape index (κ3) is 27.9. The molecule has 0 fully saturated rings. The van der Waals surface area contributed by atoms with Gasteiger partial charge in [-0.3, -0.25) is 26.4 Å². The predicted octanol–water partition coefficient (Wildman–Crippen LogP) is 14.3. The first-order chi connectivity index (χ1) is 47.1. The summed E-state index contributed by atoms with van der Waals surface area (Å²) in [6, 6.07) is 59.5. The number of carboxylic acids is 4. The molecule has 1 atom stereocenters. The Balaban J connectivity index is 0.000000272. The molecule has 0 aliphatic heterocycles. The number of hydrogen-bond acceptors (Lipinski definition) is 15. The number of thiophene rings is 3. The van der Waals surface area contributed by atoms with Crippen molar-refractivity contribution in [3.63, 3.8) is 0 Å². The number of nitrogens with two attached hydrogens (primary N) is 4. The van der Waals surface area contributed by atoms with E-state index in [9.17, 15) is 57.5 Å². The fourth-order valence-corrected chi connectivity index (χ4v) is 10.2. The highest BCUT2D eigenvalue weighted by molar-refractivity contribution is 7.21. The van der Waals surface area contributed by atoms with Gasteiger partial charge in [0.15, 0.2) is 0 Å². The van der Waals surface area contributed by atoms with Crippen molar-refractivity contribution < 1.29 is 111 Å². The minimum Gasteiger partial charge on any atom is -0.493 e. The lowest BCUT2D eigenvalue weighted by Gasteiger charge is -2.20. The van der Waals surface area contributed by atoms with Crippen molar-refractivity contribution in [2.24, 2.45) is 22.9 Å². The van der Waals surface area contributed by atoms with Crippen LogP contribution in [0.4, 0.5) is 58.4 Å². The number of nitrogen functional groups attached to an aromatic ring is 4. The van der Waals surface area contributed by atoms with Crippen LogP contribution in [0.2, 0.25) is 0 Å². The van der Waals surface area contributed by atoms with Crippen LogP contribution in [0.5, 0.6) is 17.2 Å². The molecule has 0 saturated heterocycles. The second-order valence-corrected chi connectivity index (χ2v) is 22.9. The number of alkyl halides is 12. The molecule has 0 saturated carbocycles. The highest BCUT2D eigenvalue weighted by Gasteiger charge is 2.40. The van der Waals surface area contributed by atoms with Crippen LogP contribution in [0.15, 0.2) is 188 Å². The monoisotopic (exact) mass is 1480 g/mol. The van der Waals surface area contributed by atoms with Gasteiger partial charge in [0.05, 0.1) is 21.2 Å². The Morgan fingerprint density at radius 2 is 0.871 bits per heavy atom. The largest absolute Gasteiger partial charge is 0.493 e. The van der Waals surface area contributed by atoms with Crippen LogP contribution in [-0.4, -0.2) is 105 Å². The van der Waals surface area contributed by atoms with E-state index in [1.807, 2.05) is 176 Å². The Labute approximate surface area is 574 Å². The van der Waals surface area contributed by atoms with E-state index in [-0.39, 0.29) is 29.2 Å². The quantitative estimate of drug-likeness (QED) is 0.0243. The number of benzene rings is 7. The van der Waals surface area contributed by atoms with E-state index in [1.165, 1.54) is 39.6 Å². The summed E-state index contributed by atoms with van der Waals surface area (Å²) in [7, 11) is 0. The van der Waals surface area contributed by atoms with E-state index in [1.54, 1.807) is 0 Å². The minimum atomic E-state index is -5.08. The lowest BCUT2D eigenvalue weighted by molar-refractivity contribution is -0.193. The number of aliphatic carboxylic acids is 4. The first-order valence-corrected chi connectivity index (χ1v) is 30.2. The van der Waals surface area contributed by atoms with Crippen molar-refractivity contribution in [2.75, 3.05) is 11.9 Å². The number of carboxylic acid groups (broad SMARTS) is 4. The Morgan fingerprint density at radius 1 is 0.436 bits per heavy atom. The van der Waals surface area contributed by atoms with Crippen molar-refractivity contribution >= 4 is 123 Å². The molecule has 3 aromatic heterocycles. The summed E-state index contributed by atoms with van der Waals surface area (Å²) in [5.41, 5.74) is 26.6. The zero-order chi connectivity index (χ0) is 75.6. The van der Waals surface area contributed by atoms with Gasteiger partial charge in [0, 0.05) is 42.7 Å². The summed E-state index contributed by atoms with van der Waals surface area (Å²) in [6.07, 6.45) is -20.3. The number of amidine groups is 4. The van der Waals surface area contributed by atoms with Crippen LogP contribution in [0, 0.1) is 21.6 Å². The smallest absolute Gasteiger partial charge is 0.490 e. The second kappa shape index (κ2) is 37.2. The van der Waals surface area contributed by atoms with E-state index in [0.717, 1.165) is 69.1 Å². The molecule has 0 bridgehead atoms. The van der Waals surface area contributed by atoms with Crippen molar-refractivity contribution in [3.8, 4) is 17.2 Å². The molecule has 17 N–H and O–H groups in total. The summed E-state index contributed by atoms with van der Waals surface area (Å²) in [5, 5.41) is 64.4. The van der Waals surface area contributed by atoms with Crippen LogP contribution >= 0.6 is 34.0 Å². The van der Waals surface area contributed by atoms with Gasteiger partial charge >= 0.3 is 48.6 Å². The van der Waals surface area contributed by atoms with Gasteiger partial charge in [-0.2, -0.15) is 52.7 Å². The number of fused-ring (bicyclic) bond motifs is 3. The van der Waals surface area contributed by atoms with Gasteiger partial charge in [-0.25, -0.2) is 19.2 Å². The lowest BCUT2D eigenvalue weighted by Crippen LogP contribution is -2.25. The van der Waals surface area contributed by atoms with Gasteiger partial charge in [-0.05, 0) is 101 Å². The molecule has 7 aromatic carbocycles. The average Bonchev–Trinajstić information content (AvgIpc) is 1.73. The molecule has 1 unspecified atom stereocenters. The summed E-state index contributed by atoms with van der Waals surface area (Å²) >= 11 is 4.43. The number of hydrogen-bond donors (Lipinski definition) is 13. The van der Waals surface area contributed by atoms with Crippen LogP contribution in [0.25, 0.3) is 30.3 Å². The van der Waals surface area contributed by atoms with E-state index in [0.29, 0.717) is 35.1 Å². The third-order valence-electron chi connectivity index (χ3n) is 12.1. The molecule has 101 heavy (non-hydrogen) atoms. The number of halogens is 12. The fourth-order valence-electron chi connectivity index (χ4n) is 7.38. The number of anilines is 1. The molecular formula is C65H55F12N9O12S3.